The normalized spacial score (nSPS) is 17.6. The molecule has 1 aliphatic carbocycles. The molecule has 2 N–H and O–H groups in total. The zero-order chi connectivity index (χ0) is 11.0. The minimum atomic E-state index is 0.000694. The molecule has 0 unspecified atom stereocenters. The van der Waals surface area contributed by atoms with Crippen molar-refractivity contribution in [1.82, 2.24) is 10.1 Å². The average molecular weight is 235 g/mol. The highest BCUT2D eigenvalue weighted by molar-refractivity contribution is 7.09. The van der Waals surface area contributed by atoms with Gasteiger partial charge >= 0.3 is 0 Å². The van der Waals surface area contributed by atoms with Gasteiger partial charge in [0.1, 0.15) is 0 Å². The lowest BCUT2D eigenvalue weighted by molar-refractivity contribution is 0.344. The maximum absolute atomic E-state index is 5.72. The van der Waals surface area contributed by atoms with Crippen molar-refractivity contribution in [2.24, 2.45) is 5.73 Å². The first-order chi connectivity index (χ1) is 7.82. The van der Waals surface area contributed by atoms with Crippen molar-refractivity contribution in [3.63, 3.8) is 0 Å². The van der Waals surface area contributed by atoms with E-state index in [-0.39, 0.29) is 5.41 Å². The van der Waals surface area contributed by atoms with Crippen LogP contribution in [0.4, 0.5) is 0 Å². The first-order valence-corrected chi connectivity index (χ1v) is 6.26. The standard InChI is InChI=1S/C11H13N3OS/c12-7-11(3-4-11)10-13-9(14-15-10)6-8-2-1-5-16-8/h1-2,5H,3-4,6-7,12H2. The van der Waals surface area contributed by atoms with Gasteiger partial charge in [-0.1, -0.05) is 11.2 Å². The molecule has 1 fully saturated rings. The molecule has 0 spiro atoms. The van der Waals surface area contributed by atoms with E-state index >= 15 is 0 Å². The second kappa shape index (κ2) is 3.68. The van der Waals surface area contributed by atoms with Crippen LogP contribution >= 0.6 is 11.3 Å². The Morgan fingerprint density at radius 1 is 1.50 bits per heavy atom. The molecule has 0 bridgehead atoms. The third-order valence-electron chi connectivity index (χ3n) is 3.08. The van der Waals surface area contributed by atoms with E-state index < -0.39 is 0 Å². The number of thiophene rings is 1. The Morgan fingerprint density at radius 3 is 3.00 bits per heavy atom. The van der Waals surface area contributed by atoms with Gasteiger partial charge in [-0.2, -0.15) is 4.98 Å². The molecule has 5 heteroatoms. The van der Waals surface area contributed by atoms with Gasteiger partial charge in [0.25, 0.3) is 0 Å². The summed E-state index contributed by atoms with van der Waals surface area (Å²) in [7, 11) is 0. The number of hydrogen-bond acceptors (Lipinski definition) is 5. The summed E-state index contributed by atoms with van der Waals surface area (Å²) in [6, 6.07) is 4.11. The van der Waals surface area contributed by atoms with Crippen LogP contribution in [0, 0.1) is 0 Å². The fourth-order valence-electron chi connectivity index (χ4n) is 1.77. The lowest BCUT2D eigenvalue weighted by Crippen LogP contribution is -2.20. The van der Waals surface area contributed by atoms with E-state index in [1.807, 2.05) is 6.07 Å². The highest BCUT2D eigenvalue weighted by atomic mass is 32.1. The van der Waals surface area contributed by atoms with Gasteiger partial charge in [0.2, 0.25) is 5.89 Å². The molecule has 84 valence electrons. The Hall–Kier alpha value is -1.20. The van der Waals surface area contributed by atoms with Crippen LogP contribution in [-0.4, -0.2) is 16.7 Å². The highest BCUT2D eigenvalue weighted by Gasteiger charge is 2.48. The molecule has 0 saturated heterocycles. The summed E-state index contributed by atoms with van der Waals surface area (Å²) in [5.74, 6) is 1.48. The summed E-state index contributed by atoms with van der Waals surface area (Å²) < 4.78 is 5.30. The molecule has 0 aromatic carbocycles. The van der Waals surface area contributed by atoms with Gasteiger partial charge in [-0.25, -0.2) is 0 Å². The summed E-state index contributed by atoms with van der Waals surface area (Å²) in [4.78, 5) is 5.69. The summed E-state index contributed by atoms with van der Waals surface area (Å²) in [5, 5.41) is 6.06. The Kier molecular flexibility index (Phi) is 2.29. The molecular weight excluding hydrogens is 222 g/mol. The molecular formula is C11H13N3OS. The molecule has 2 aromatic heterocycles. The third-order valence-corrected chi connectivity index (χ3v) is 3.95. The van der Waals surface area contributed by atoms with Crippen LogP contribution < -0.4 is 5.73 Å². The van der Waals surface area contributed by atoms with Crippen molar-refractivity contribution >= 4 is 11.3 Å². The van der Waals surface area contributed by atoms with Gasteiger partial charge in [0.15, 0.2) is 5.82 Å². The van der Waals surface area contributed by atoms with E-state index in [9.17, 15) is 0 Å². The van der Waals surface area contributed by atoms with Crippen LogP contribution in [0.5, 0.6) is 0 Å². The molecule has 0 amide bonds. The summed E-state index contributed by atoms with van der Waals surface area (Å²) in [6.07, 6.45) is 2.90. The maximum atomic E-state index is 5.72. The van der Waals surface area contributed by atoms with E-state index in [1.165, 1.54) is 4.88 Å². The minimum absolute atomic E-state index is 0.000694. The van der Waals surface area contributed by atoms with Crippen molar-refractivity contribution in [2.45, 2.75) is 24.7 Å². The molecule has 1 aliphatic rings. The van der Waals surface area contributed by atoms with Gasteiger partial charge in [0, 0.05) is 17.8 Å². The maximum Gasteiger partial charge on any atom is 0.234 e. The van der Waals surface area contributed by atoms with Crippen LogP contribution in [-0.2, 0) is 11.8 Å². The van der Waals surface area contributed by atoms with Crippen LogP contribution in [0.2, 0.25) is 0 Å². The summed E-state index contributed by atoms with van der Waals surface area (Å²) >= 11 is 1.71. The van der Waals surface area contributed by atoms with E-state index in [2.05, 4.69) is 21.6 Å². The monoisotopic (exact) mass is 235 g/mol. The lowest BCUT2D eigenvalue weighted by Gasteiger charge is -2.03. The second-order valence-corrected chi connectivity index (χ2v) is 5.29. The SMILES string of the molecule is NCC1(c2nc(Cc3cccs3)no2)CC1. The van der Waals surface area contributed by atoms with Crippen molar-refractivity contribution in [1.29, 1.82) is 0 Å². The lowest BCUT2D eigenvalue weighted by atomic mass is 10.1. The van der Waals surface area contributed by atoms with Crippen molar-refractivity contribution in [3.05, 3.63) is 34.1 Å². The highest BCUT2D eigenvalue weighted by Crippen LogP contribution is 2.46. The third kappa shape index (κ3) is 1.66. The van der Waals surface area contributed by atoms with Gasteiger partial charge in [-0.15, -0.1) is 11.3 Å². The number of hydrogen-bond donors (Lipinski definition) is 1. The Balaban J connectivity index is 1.78. The fourth-order valence-corrected chi connectivity index (χ4v) is 2.47. The largest absolute Gasteiger partial charge is 0.339 e. The van der Waals surface area contributed by atoms with E-state index in [0.717, 1.165) is 31.0 Å². The summed E-state index contributed by atoms with van der Waals surface area (Å²) in [5.41, 5.74) is 5.72. The first-order valence-electron chi connectivity index (χ1n) is 5.38. The summed E-state index contributed by atoms with van der Waals surface area (Å²) in [6.45, 7) is 0.605. The second-order valence-electron chi connectivity index (χ2n) is 4.26. The molecule has 16 heavy (non-hydrogen) atoms. The molecule has 0 aliphatic heterocycles. The predicted octanol–water partition coefficient (Wildman–Crippen LogP) is 1.71. The molecule has 3 rings (SSSR count). The van der Waals surface area contributed by atoms with Gasteiger partial charge < -0.3 is 10.3 Å². The smallest absolute Gasteiger partial charge is 0.234 e. The molecule has 0 radical (unpaired) electrons. The van der Waals surface area contributed by atoms with Crippen LogP contribution in [0.15, 0.2) is 22.0 Å². The van der Waals surface area contributed by atoms with E-state index in [0.29, 0.717) is 6.54 Å². The number of rotatable bonds is 4. The zero-order valence-electron chi connectivity index (χ0n) is 8.85. The van der Waals surface area contributed by atoms with Crippen molar-refractivity contribution in [3.8, 4) is 0 Å². The molecule has 4 nitrogen and oxygen atoms in total. The van der Waals surface area contributed by atoms with Crippen LogP contribution in [0.3, 0.4) is 0 Å². The van der Waals surface area contributed by atoms with Crippen LogP contribution in [0.1, 0.15) is 29.4 Å². The Morgan fingerprint density at radius 2 is 2.38 bits per heavy atom. The molecule has 2 aromatic rings. The minimum Gasteiger partial charge on any atom is -0.339 e. The fraction of sp³-hybridized carbons (Fsp3) is 0.455. The van der Waals surface area contributed by atoms with Gasteiger partial charge in [-0.3, -0.25) is 0 Å². The van der Waals surface area contributed by atoms with Gasteiger partial charge in [0.05, 0.1) is 5.41 Å². The Labute approximate surface area is 97.5 Å². The quantitative estimate of drug-likeness (QED) is 0.876. The van der Waals surface area contributed by atoms with E-state index in [1.54, 1.807) is 11.3 Å². The number of aromatic nitrogens is 2. The van der Waals surface area contributed by atoms with Gasteiger partial charge in [-0.05, 0) is 24.3 Å². The number of nitrogens with zero attached hydrogens (tertiary/aromatic N) is 2. The topological polar surface area (TPSA) is 64.9 Å². The van der Waals surface area contributed by atoms with Crippen LogP contribution in [0.25, 0.3) is 0 Å². The molecule has 2 heterocycles. The molecule has 0 atom stereocenters. The number of nitrogens with two attached hydrogens (primary N) is 1. The molecule has 1 saturated carbocycles. The average Bonchev–Trinajstić information content (AvgIpc) is 2.74. The van der Waals surface area contributed by atoms with Crippen molar-refractivity contribution < 1.29 is 4.52 Å². The van der Waals surface area contributed by atoms with Crippen molar-refractivity contribution in [2.75, 3.05) is 6.54 Å². The predicted molar refractivity (Wildman–Crippen MR) is 61.4 cm³/mol. The zero-order valence-corrected chi connectivity index (χ0v) is 9.67. The Bertz CT molecular complexity index is 473. The first kappa shape index (κ1) is 9.99. The van der Waals surface area contributed by atoms with E-state index in [4.69, 9.17) is 10.3 Å².